The molecule has 0 saturated heterocycles. The minimum absolute atomic E-state index is 0.102. The van der Waals surface area contributed by atoms with E-state index >= 15 is 0 Å². The molecule has 2 heterocycles. The van der Waals surface area contributed by atoms with Crippen LogP contribution in [0.15, 0.2) is 58.5 Å². The molecular weight excluding hydrogens is 428 g/mol. The fraction of sp³-hybridized carbons (Fsp3) is 0.261. The standard InChI is InChI=1S/C23H22N4O4S/c1-4-18(28)26-17-9-7-6-8-16(17)20-21(30)24-23(32-3)25-27(20)22(26)14-10-12-15(13-11-14)31-19(29)5-2/h6-13,22H,4-5H2,1-3H3/p+1/t22-/m0/s1. The minimum atomic E-state index is -0.670. The summed E-state index contributed by atoms with van der Waals surface area (Å²) >= 11 is 1.31. The molecule has 0 spiro atoms. The molecule has 0 saturated carbocycles. The van der Waals surface area contributed by atoms with Crippen molar-refractivity contribution in [2.45, 2.75) is 38.0 Å². The van der Waals surface area contributed by atoms with Crippen LogP contribution < -0.4 is 19.9 Å². The van der Waals surface area contributed by atoms with Crippen molar-refractivity contribution < 1.29 is 19.0 Å². The van der Waals surface area contributed by atoms with Crippen LogP contribution in [-0.2, 0) is 9.59 Å². The smallest absolute Gasteiger partial charge is 0.325 e. The number of carbonyl (C=O) groups is 2. The Hall–Kier alpha value is -3.46. The van der Waals surface area contributed by atoms with Gasteiger partial charge in [0.2, 0.25) is 11.1 Å². The van der Waals surface area contributed by atoms with Gasteiger partial charge in [-0.2, -0.15) is 0 Å². The van der Waals surface area contributed by atoms with E-state index in [0.29, 0.717) is 27.9 Å². The lowest BCUT2D eigenvalue weighted by molar-refractivity contribution is -0.763. The number of fused-ring (bicyclic) bond motifs is 3. The molecule has 0 bridgehead atoms. The van der Waals surface area contributed by atoms with Crippen molar-refractivity contribution in [1.82, 2.24) is 10.1 Å². The van der Waals surface area contributed by atoms with Gasteiger partial charge < -0.3 is 4.74 Å². The van der Waals surface area contributed by atoms with E-state index < -0.39 is 6.17 Å². The van der Waals surface area contributed by atoms with Gasteiger partial charge in [-0.1, -0.05) is 37.7 Å². The molecule has 32 heavy (non-hydrogen) atoms. The Morgan fingerprint density at radius 2 is 1.84 bits per heavy atom. The van der Waals surface area contributed by atoms with Gasteiger partial charge in [-0.25, -0.2) is 4.90 Å². The van der Waals surface area contributed by atoms with Crippen molar-refractivity contribution in [2.24, 2.45) is 0 Å². The fourth-order valence-corrected chi connectivity index (χ4v) is 4.08. The molecule has 8 nitrogen and oxygen atoms in total. The summed E-state index contributed by atoms with van der Waals surface area (Å²) < 4.78 is 6.89. The number of hydrogen-bond acceptors (Lipinski definition) is 6. The molecule has 2 aromatic carbocycles. The molecule has 1 aromatic heterocycles. The molecular formula is C23H23N4O4S+. The third-order valence-corrected chi connectivity index (χ3v) is 5.79. The number of benzene rings is 2. The third kappa shape index (κ3) is 3.80. The normalized spacial score (nSPS) is 14.5. The maximum atomic E-state index is 13.1. The molecule has 164 valence electrons. The van der Waals surface area contributed by atoms with Gasteiger partial charge in [-0.3, -0.25) is 19.4 Å². The summed E-state index contributed by atoms with van der Waals surface area (Å²) in [5.41, 5.74) is 2.12. The quantitative estimate of drug-likeness (QED) is 0.277. The van der Waals surface area contributed by atoms with Crippen LogP contribution in [0, 0.1) is 0 Å². The number of esters is 1. The van der Waals surface area contributed by atoms with Gasteiger partial charge in [0.15, 0.2) is 0 Å². The van der Waals surface area contributed by atoms with Crippen molar-refractivity contribution >= 4 is 29.3 Å². The third-order valence-electron chi connectivity index (χ3n) is 5.22. The first kappa shape index (κ1) is 21.8. The number of carbonyl (C=O) groups excluding carboxylic acids is 2. The number of nitrogens with zero attached hydrogens (tertiary/aromatic N) is 3. The van der Waals surface area contributed by atoms with Gasteiger partial charge in [-0.15, -0.1) is 0 Å². The van der Waals surface area contributed by atoms with Crippen LogP contribution >= 0.6 is 11.8 Å². The summed E-state index contributed by atoms with van der Waals surface area (Å²) in [6.45, 7) is 3.53. The lowest BCUT2D eigenvalue weighted by Crippen LogP contribution is -2.60. The van der Waals surface area contributed by atoms with Crippen molar-refractivity contribution in [3.05, 3.63) is 64.4 Å². The largest absolute Gasteiger partial charge is 0.427 e. The van der Waals surface area contributed by atoms with Gasteiger partial charge in [0.05, 0.1) is 11.3 Å². The van der Waals surface area contributed by atoms with Crippen LogP contribution in [0.3, 0.4) is 0 Å². The van der Waals surface area contributed by atoms with Crippen molar-refractivity contribution in [3.63, 3.8) is 0 Å². The number of para-hydroxylation sites is 1. The van der Waals surface area contributed by atoms with E-state index in [1.807, 2.05) is 30.5 Å². The van der Waals surface area contributed by atoms with E-state index in [2.05, 4.69) is 10.1 Å². The molecule has 0 unspecified atom stereocenters. The highest BCUT2D eigenvalue weighted by Gasteiger charge is 2.45. The number of anilines is 1. The van der Waals surface area contributed by atoms with E-state index in [0.717, 1.165) is 5.56 Å². The molecule has 4 rings (SSSR count). The van der Waals surface area contributed by atoms with Gasteiger partial charge in [0.25, 0.3) is 6.17 Å². The van der Waals surface area contributed by atoms with Crippen LogP contribution in [0.5, 0.6) is 5.75 Å². The Morgan fingerprint density at radius 1 is 1.12 bits per heavy atom. The number of hydrogen-bond donors (Lipinski definition) is 1. The number of thioether (sulfide) groups is 1. The number of ether oxygens (including phenoxy) is 1. The first-order valence-electron chi connectivity index (χ1n) is 10.3. The lowest BCUT2D eigenvalue weighted by Gasteiger charge is -2.32. The van der Waals surface area contributed by atoms with E-state index in [4.69, 9.17) is 4.74 Å². The van der Waals surface area contributed by atoms with Gasteiger partial charge in [0.1, 0.15) is 5.75 Å². The lowest BCUT2D eigenvalue weighted by atomic mass is 10.0. The molecule has 0 radical (unpaired) electrons. The monoisotopic (exact) mass is 451 g/mol. The number of aromatic nitrogens is 3. The second kappa shape index (κ2) is 8.96. The Morgan fingerprint density at radius 3 is 2.50 bits per heavy atom. The zero-order valence-electron chi connectivity index (χ0n) is 18.0. The summed E-state index contributed by atoms with van der Waals surface area (Å²) in [5, 5.41) is 5.09. The Labute approximate surface area is 189 Å². The number of H-pyrrole nitrogens is 1. The first-order chi connectivity index (χ1) is 15.5. The topological polar surface area (TPSA) is 96.2 Å². The van der Waals surface area contributed by atoms with E-state index in [-0.39, 0.29) is 30.3 Å². The Kier molecular flexibility index (Phi) is 6.09. The molecule has 1 N–H and O–H groups in total. The number of nitrogens with one attached hydrogen (secondary N) is 1. The van der Waals surface area contributed by atoms with Gasteiger partial charge >= 0.3 is 17.2 Å². The molecule has 0 aliphatic carbocycles. The van der Waals surface area contributed by atoms with Crippen molar-refractivity contribution in [3.8, 4) is 17.0 Å². The van der Waals surface area contributed by atoms with E-state index in [1.54, 1.807) is 47.7 Å². The van der Waals surface area contributed by atoms with Crippen molar-refractivity contribution in [1.29, 1.82) is 0 Å². The predicted molar refractivity (Wildman–Crippen MR) is 121 cm³/mol. The van der Waals surface area contributed by atoms with Crippen molar-refractivity contribution in [2.75, 3.05) is 11.2 Å². The SMILES string of the molecule is CCC(=O)Oc1ccc([C@H]2N(C(=O)CC)c3ccccc3-c3c(=O)[nH]c(SC)n[n+]32)cc1. The number of rotatable bonds is 5. The average molecular weight is 452 g/mol. The highest BCUT2D eigenvalue weighted by molar-refractivity contribution is 7.98. The Bertz CT molecular complexity index is 1240. The molecule has 1 atom stereocenters. The van der Waals surface area contributed by atoms with Crippen LogP contribution in [0.2, 0.25) is 0 Å². The fourth-order valence-electron chi connectivity index (χ4n) is 3.72. The summed E-state index contributed by atoms with van der Waals surface area (Å²) in [5.74, 6) is -0.0152. The summed E-state index contributed by atoms with van der Waals surface area (Å²) in [6.07, 6.45) is 1.71. The van der Waals surface area contributed by atoms with Crippen LogP contribution in [0.4, 0.5) is 5.69 Å². The molecule has 0 fully saturated rings. The summed E-state index contributed by atoms with van der Waals surface area (Å²) in [7, 11) is 0. The average Bonchev–Trinajstić information content (AvgIpc) is 2.82. The van der Waals surface area contributed by atoms with E-state index in [1.165, 1.54) is 11.8 Å². The zero-order chi connectivity index (χ0) is 22.8. The zero-order valence-corrected chi connectivity index (χ0v) is 18.8. The summed E-state index contributed by atoms with van der Waals surface area (Å²) in [4.78, 5) is 42.3. The minimum Gasteiger partial charge on any atom is -0.427 e. The molecule has 9 heteroatoms. The molecule has 1 aliphatic heterocycles. The number of amides is 1. The van der Waals surface area contributed by atoms with Crippen LogP contribution in [-0.4, -0.2) is 28.2 Å². The first-order valence-corrected chi connectivity index (χ1v) is 11.5. The van der Waals surface area contributed by atoms with Crippen LogP contribution in [0.1, 0.15) is 38.4 Å². The molecule has 1 aliphatic rings. The maximum absolute atomic E-state index is 13.1. The van der Waals surface area contributed by atoms with Gasteiger partial charge in [-0.05, 0) is 47.3 Å². The van der Waals surface area contributed by atoms with Gasteiger partial charge in [0, 0.05) is 23.5 Å². The summed E-state index contributed by atoms with van der Waals surface area (Å²) in [6, 6.07) is 14.2. The Balaban J connectivity index is 1.94. The van der Waals surface area contributed by atoms with E-state index in [9.17, 15) is 14.4 Å². The second-order valence-corrected chi connectivity index (χ2v) is 7.96. The molecule has 3 aromatic rings. The highest BCUT2D eigenvalue weighted by Crippen LogP contribution is 2.37. The highest BCUT2D eigenvalue weighted by atomic mass is 32.2. The molecule has 1 amide bonds. The second-order valence-electron chi connectivity index (χ2n) is 7.16. The maximum Gasteiger partial charge on any atom is 0.325 e. The number of aromatic amines is 1. The van der Waals surface area contributed by atoms with Crippen LogP contribution in [0.25, 0.3) is 11.3 Å². The predicted octanol–water partition coefficient (Wildman–Crippen LogP) is 3.07.